The largest absolute Gasteiger partial charge is 0.486 e. The van der Waals surface area contributed by atoms with Crippen LogP contribution in [0.4, 0.5) is 0 Å². The van der Waals surface area contributed by atoms with Gasteiger partial charge in [0.15, 0.2) is 11.5 Å². The summed E-state index contributed by atoms with van der Waals surface area (Å²) in [6.45, 7) is 2.99. The van der Waals surface area contributed by atoms with Crippen molar-refractivity contribution in [2.24, 2.45) is 0 Å². The van der Waals surface area contributed by atoms with Gasteiger partial charge < -0.3 is 14.8 Å². The van der Waals surface area contributed by atoms with Gasteiger partial charge in [-0.1, -0.05) is 19.1 Å². The minimum atomic E-state index is -0.451. The minimum Gasteiger partial charge on any atom is -0.486 e. The Morgan fingerprint density at radius 1 is 1.22 bits per heavy atom. The first-order chi connectivity index (χ1) is 13.2. The molecular weight excluding hydrogens is 346 g/mol. The van der Waals surface area contributed by atoms with Gasteiger partial charge in [-0.05, 0) is 36.2 Å². The first kappa shape index (κ1) is 17.1. The van der Waals surface area contributed by atoms with Gasteiger partial charge in [0, 0.05) is 12.4 Å². The standard InChI is InChI=1S/C20H19N3O4/c1-2-15(13-6-7-16-17(11-13)27-10-9-26-16)22-19(24)14-12-21-18-5-3-4-8-23(18)20(14)25/h3-8,11-12,15H,2,9-10H2,1H3,(H,22,24). The van der Waals surface area contributed by atoms with E-state index in [1.54, 1.807) is 24.4 Å². The molecule has 1 amide bonds. The molecule has 4 rings (SSSR count). The molecule has 0 saturated heterocycles. The predicted molar refractivity (Wildman–Crippen MR) is 99.4 cm³/mol. The fourth-order valence-corrected chi connectivity index (χ4v) is 3.12. The SMILES string of the molecule is CCC(NC(=O)c1cnc2ccccn2c1=O)c1ccc2c(c1)OCCO2. The van der Waals surface area contributed by atoms with Gasteiger partial charge >= 0.3 is 0 Å². The summed E-state index contributed by atoms with van der Waals surface area (Å²) in [7, 11) is 0. The van der Waals surface area contributed by atoms with Gasteiger partial charge in [-0.25, -0.2) is 4.98 Å². The number of nitrogens with zero attached hydrogens (tertiary/aromatic N) is 2. The number of carbonyl (C=O) groups excluding carboxylic acids is 1. The van der Waals surface area contributed by atoms with E-state index in [1.807, 2.05) is 25.1 Å². The predicted octanol–water partition coefficient (Wildman–Crippen LogP) is 2.35. The smallest absolute Gasteiger partial charge is 0.270 e. The fraction of sp³-hybridized carbons (Fsp3) is 0.250. The zero-order chi connectivity index (χ0) is 18.8. The monoisotopic (exact) mass is 365 g/mol. The summed E-state index contributed by atoms with van der Waals surface area (Å²) < 4.78 is 12.5. The van der Waals surface area contributed by atoms with E-state index in [-0.39, 0.29) is 11.6 Å². The van der Waals surface area contributed by atoms with Crippen LogP contribution in [-0.4, -0.2) is 28.5 Å². The van der Waals surface area contributed by atoms with Crippen LogP contribution in [0.25, 0.3) is 5.65 Å². The van der Waals surface area contributed by atoms with Gasteiger partial charge in [0.2, 0.25) is 0 Å². The lowest BCUT2D eigenvalue weighted by Crippen LogP contribution is -2.34. The third kappa shape index (κ3) is 3.23. The molecular formula is C20H19N3O4. The van der Waals surface area contributed by atoms with E-state index in [2.05, 4.69) is 10.3 Å². The Balaban J connectivity index is 1.61. The van der Waals surface area contributed by atoms with Crippen molar-refractivity contribution in [1.82, 2.24) is 14.7 Å². The highest BCUT2D eigenvalue weighted by Gasteiger charge is 2.20. The van der Waals surface area contributed by atoms with Crippen LogP contribution in [0.2, 0.25) is 0 Å². The molecule has 1 atom stereocenters. The minimum absolute atomic E-state index is 0.00898. The Morgan fingerprint density at radius 2 is 2.04 bits per heavy atom. The van der Waals surface area contributed by atoms with Crippen LogP contribution >= 0.6 is 0 Å². The lowest BCUT2D eigenvalue weighted by molar-refractivity contribution is 0.0933. The molecule has 0 bridgehead atoms. The molecule has 1 unspecified atom stereocenters. The molecule has 0 aliphatic carbocycles. The first-order valence-corrected chi connectivity index (χ1v) is 8.84. The van der Waals surface area contributed by atoms with E-state index < -0.39 is 11.5 Å². The van der Waals surface area contributed by atoms with Crippen LogP contribution in [-0.2, 0) is 0 Å². The number of benzene rings is 1. The molecule has 0 fully saturated rings. The summed E-state index contributed by atoms with van der Waals surface area (Å²) >= 11 is 0. The van der Waals surface area contributed by atoms with Gasteiger partial charge in [-0.2, -0.15) is 0 Å². The molecule has 7 heteroatoms. The highest BCUT2D eigenvalue weighted by atomic mass is 16.6. The number of ether oxygens (including phenoxy) is 2. The molecule has 1 aliphatic heterocycles. The first-order valence-electron chi connectivity index (χ1n) is 8.84. The number of rotatable bonds is 4. The topological polar surface area (TPSA) is 81.9 Å². The Kier molecular flexibility index (Phi) is 4.50. The molecule has 1 aromatic carbocycles. The number of fused-ring (bicyclic) bond motifs is 2. The second-order valence-electron chi connectivity index (χ2n) is 6.24. The van der Waals surface area contributed by atoms with Crippen LogP contribution in [0.5, 0.6) is 11.5 Å². The molecule has 3 heterocycles. The van der Waals surface area contributed by atoms with Crippen LogP contribution < -0.4 is 20.3 Å². The Morgan fingerprint density at radius 3 is 2.85 bits per heavy atom. The zero-order valence-corrected chi connectivity index (χ0v) is 14.8. The second-order valence-corrected chi connectivity index (χ2v) is 6.24. The summed E-state index contributed by atoms with van der Waals surface area (Å²) in [6, 6.07) is 10.6. The number of carbonyl (C=O) groups is 1. The van der Waals surface area contributed by atoms with Crippen molar-refractivity contribution >= 4 is 11.6 Å². The molecule has 1 aliphatic rings. The average molecular weight is 365 g/mol. The van der Waals surface area contributed by atoms with Crippen LogP contribution in [0.15, 0.2) is 53.6 Å². The molecule has 27 heavy (non-hydrogen) atoms. The normalized spacial score (nSPS) is 14.0. The highest BCUT2D eigenvalue weighted by Crippen LogP contribution is 2.33. The van der Waals surface area contributed by atoms with Gasteiger partial charge in [0.1, 0.15) is 24.4 Å². The molecule has 2 aromatic heterocycles. The fourth-order valence-electron chi connectivity index (χ4n) is 3.12. The third-order valence-corrected chi connectivity index (χ3v) is 4.54. The average Bonchev–Trinajstić information content (AvgIpc) is 2.72. The number of amides is 1. The van der Waals surface area contributed by atoms with E-state index in [0.717, 1.165) is 5.56 Å². The molecule has 138 valence electrons. The lowest BCUT2D eigenvalue weighted by Gasteiger charge is -2.22. The van der Waals surface area contributed by atoms with Crippen molar-refractivity contribution in [3.8, 4) is 11.5 Å². The lowest BCUT2D eigenvalue weighted by atomic mass is 10.0. The number of pyridine rings is 1. The molecule has 0 spiro atoms. The van der Waals surface area contributed by atoms with Crippen LogP contribution in [0.1, 0.15) is 35.3 Å². The van der Waals surface area contributed by atoms with Crippen LogP contribution in [0.3, 0.4) is 0 Å². The van der Waals surface area contributed by atoms with Crippen molar-refractivity contribution in [3.05, 3.63) is 70.3 Å². The van der Waals surface area contributed by atoms with E-state index >= 15 is 0 Å². The maximum absolute atomic E-state index is 12.7. The summed E-state index contributed by atoms with van der Waals surface area (Å²) in [6.07, 6.45) is 3.58. The molecule has 7 nitrogen and oxygen atoms in total. The van der Waals surface area contributed by atoms with Crippen molar-refractivity contribution in [2.75, 3.05) is 13.2 Å². The number of hydrogen-bond acceptors (Lipinski definition) is 5. The van der Waals surface area contributed by atoms with Crippen molar-refractivity contribution in [3.63, 3.8) is 0 Å². The quantitative estimate of drug-likeness (QED) is 0.767. The molecule has 0 saturated carbocycles. The van der Waals surface area contributed by atoms with Crippen molar-refractivity contribution < 1.29 is 14.3 Å². The maximum Gasteiger partial charge on any atom is 0.270 e. The molecule has 1 N–H and O–H groups in total. The second kappa shape index (κ2) is 7.11. The number of hydrogen-bond donors (Lipinski definition) is 1. The maximum atomic E-state index is 12.7. The van der Waals surface area contributed by atoms with E-state index in [0.29, 0.717) is 36.8 Å². The Labute approximate surface area is 155 Å². The van der Waals surface area contributed by atoms with Crippen LogP contribution in [0, 0.1) is 0 Å². The summed E-state index contributed by atoms with van der Waals surface area (Å²) in [5.41, 5.74) is 1.01. The van der Waals surface area contributed by atoms with E-state index in [4.69, 9.17) is 9.47 Å². The molecule has 3 aromatic rings. The van der Waals surface area contributed by atoms with E-state index in [1.165, 1.54) is 10.6 Å². The van der Waals surface area contributed by atoms with Crippen molar-refractivity contribution in [2.45, 2.75) is 19.4 Å². The van der Waals surface area contributed by atoms with Gasteiger partial charge in [0.25, 0.3) is 11.5 Å². The van der Waals surface area contributed by atoms with Crippen molar-refractivity contribution in [1.29, 1.82) is 0 Å². The summed E-state index contributed by atoms with van der Waals surface area (Å²) in [5, 5.41) is 2.92. The summed E-state index contributed by atoms with van der Waals surface area (Å²) in [4.78, 5) is 29.5. The summed E-state index contributed by atoms with van der Waals surface area (Å²) in [5.74, 6) is 0.912. The number of aromatic nitrogens is 2. The van der Waals surface area contributed by atoms with Gasteiger partial charge in [-0.15, -0.1) is 0 Å². The molecule has 0 radical (unpaired) electrons. The number of nitrogens with one attached hydrogen (secondary N) is 1. The highest BCUT2D eigenvalue weighted by molar-refractivity contribution is 5.94. The van der Waals surface area contributed by atoms with E-state index in [9.17, 15) is 9.59 Å². The van der Waals surface area contributed by atoms with Gasteiger partial charge in [-0.3, -0.25) is 14.0 Å². The Hall–Kier alpha value is -3.35. The Bertz CT molecular complexity index is 1060. The van der Waals surface area contributed by atoms with Gasteiger partial charge in [0.05, 0.1) is 6.04 Å². The zero-order valence-electron chi connectivity index (χ0n) is 14.8. The third-order valence-electron chi connectivity index (χ3n) is 4.54.